The van der Waals surface area contributed by atoms with Gasteiger partial charge in [-0.15, -0.1) is 0 Å². The molecule has 0 radical (unpaired) electrons. The summed E-state index contributed by atoms with van der Waals surface area (Å²) in [5.74, 6) is -1.99. The Hall–Kier alpha value is -2.37. The Labute approximate surface area is 157 Å². The molecule has 0 bridgehead atoms. The Kier molecular flexibility index (Phi) is 5.14. The van der Waals surface area contributed by atoms with E-state index in [-0.39, 0.29) is 16.9 Å². The number of pyridine rings is 1. The Morgan fingerprint density at radius 3 is 2.07 bits per heavy atom. The molecule has 0 aliphatic rings. The first-order valence-corrected chi connectivity index (χ1v) is 7.55. The van der Waals surface area contributed by atoms with Crippen LogP contribution in [0.3, 0.4) is 0 Å². The van der Waals surface area contributed by atoms with E-state index < -0.39 is 42.1 Å². The van der Waals surface area contributed by atoms with Gasteiger partial charge in [0.2, 0.25) is 11.9 Å². The number of hydrogen-bond acceptors (Lipinski definition) is 6. The van der Waals surface area contributed by atoms with Gasteiger partial charge in [-0.05, 0) is 26.0 Å². The van der Waals surface area contributed by atoms with Gasteiger partial charge in [-0.1, -0.05) is 17.6 Å². The van der Waals surface area contributed by atoms with Crippen molar-refractivity contribution in [1.29, 1.82) is 0 Å². The van der Waals surface area contributed by atoms with Crippen molar-refractivity contribution in [2.75, 3.05) is 10.6 Å². The van der Waals surface area contributed by atoms with Gasteiger partial charge < -0.3 is 10.6 Å². The summed E-state index contributed by atoms with van der Waals surface area (Å²) in [6, 6.07) is -3.28. The molecule has 27 heavy (non-hydrogen) atoms. The Bertz CT molecular complexity index is 872. The van der Waals surface area contributed by atoms with Crippen molar-refractivity contribution in [2.24, 2.45) is 0 Å². The standard InChI is InChI=1S/C14H13ClF6N6/c1-6(13(16,17)18)22-11-25-10(8-4-3-5-9(15)24-8)26-12(27-11)23-7(2)14(19,20)21/h3-7H,1-2H3,(H2,22,23,25,26,27)/t6-,7-/m1/s1/i3D,6D. The third kappa shape index (κ3) is 5.81. The number of alkyl halides is 6. The highest BCUT2D eigenvalue weighted by molar-refractivity contribution is 6.29. The highest BCUT2D eigenvalue weighted by Crippen LogP contribution is 2.26. The van der Waals surface area contributed by atoms with E-state index in [1.165, 1.54) is 0 Å². The topological polar surface area (TPSA) is 75.6 Å². The minimum atomic E-state index is -5.05. The molecule has 0 aliphatic heterocycles. The first-order valence-electron chi connectivity index (χ1n) is 8.17. The summed E-state index contributed by atoms with van der Waals surface area (Å²) >= 11 is 5.73. The molecule has 0 spiro atoms. The number of hydrogen-bond donors (Lipinski definition) is 2. The number of aromatic nitrogens is 4. The van der Waals surface area contributed by atoms with Gasteiger partial charge in [-0.2, -0.15) is 41.3 Å². The van der Waals surface area contributed by atoms with Gasteiger partial charge in [0.05, 0.1) is 2.74 Å². The zero-order valence-electron chi connectivity index (χ0n) is 15.7. The lowest BCUT2D eigenvalue weighted by Gasteiger charge is -2.20. The zero-order chi connectivity index (χ0) is 22.2. The van der Waals surface area contributed by atoms with Crippen molar-refractivity contribution in [3.63, 3.8) is 0 Å². The fraction of sp³-hybridized carbons (Fsp3) is 0.429. The number of halogens is 7. The number of rotatable bonds is 5. The van der Waals surface area contributed by atoms with Gasteiger partial charge in [-0.3, -0.25) is 0 Å². The molecule has 2 aromatic heterocycles. The molecule has 0 aliphatic carbocycles. The summed E-state index contributed by atoms with van der Waals surface area (Å²) in [4.78, 5) is 14.7. The highest BCUT2D eigenvalue weighted by atomic mass is 35.5. The molecule has 2 rings (SSSR count). The van der Waals surface area contributed by atoms with Crippen molar-refractivity contribution in [2.45, 2.75) is 38.3 Å². The highest BCUT2D eigenvalue weighted by Gasteiger charge is 2.38. The third-order valence-corrected chi connectivity index (χ3v) is 3.27. The average molecular weight is 417 g/mol. The first-order chi connectivity index (χ1) is 13.1. The van der Waals surface area contributed by atoms with Crippen molar-refractivity contribution < 1.29 is 29.1 Å². The molecule has 0 aromatic carbocycles. The SMILES string of the molecule is [2H]c1cc(Cl)nc(-c2nc(N[C@H](C)C(F)(F)F)nc(N[C@]([2H])(C)C(F)(F)F)n2)c1. The van der Waals surface area contributed by atoms with E-state index in [0.717, 1.165) is 19.1 Å². The molecule has 0 fully saturated rings. The van der Waals surface area contributed by atoms with Crippen LogP contribution in [0.15, 0.2) is 18.2 Å². The van der Waals surface area contributed by atoms with E-state index in [9.17, 15) is 26.3 Å². The zero-order valence-corrected chi connectivity index (χ0v) is 14.4. The Morgan fingerprint density at radius 2 is 1.56 bits per heavy atom. The van der Waals surface area contributed by atoms with Gasteiger partial charge in [-0.25, -0.2) is 4.98 Å². The van der Waals surface area contributed by atoms with Crippen molar-refractivity contribution >= 4 is 23.5 Å². The molecule has 6 nitrogen and oxygen atoms in total. The van der Waals surface area contributed by atoms with E-state index in [1.807, 2.05) is 5.32 Å². The van der Waals surface area contributed by atoms with Crippen LogP contribution in [0, 0.1) is 0 Å². The molecule has 148 valence electrons. The largest absolute Gasteiger partial charge is 0.408 e. The summed E-state index contributed by atoms with van der Waals surface area (Å²) in [7, 11) is 0. The molecular weight excluding hydrogens is 402 g/mol. The minimum Gasteiger partial charge on any atom is -0.343 e. The van der Waals surface area contributed by atoms with Crippen LogP contribution in [0.1, 0.15) is 16.6 Å². The quantitative estimate of drug-likeness (QED) is 0.558. The number of anilines is 2. The Morgan fingerprint density at radius 1 is 0.963 bits per heavy atom. The second-order valence-electron chi connectivity index (χ2n) is 5.24. The van der Waals surface area contributed by atoms with Crippen molar-refractivity contribution in [3.8, 4) is 11.5 Å². The maximum absolute atomic E-state index is 13.0. The number of nitrogens with one attached hydrogen (secondary N) is 2. The third-order valence-electron chi connectivity index (χ3n) is 3.08. The number of nitrogens with zero attached hydrogens (tertiary/aromatic N) is 4. The summed E-state index contributed by atoms with van der Waals surface area (Å²) in [5.41, 5.74) is -0.186. The minimum absolute atomic E-state index is 0.145. The van der Waals surface area contributed by atoms with Gasteiger partial charge in [0.15, 0.2) is 5.82 Å². The average Bonchev–Trinajstić information content (AvgIpc) is 2.51. The first kappa shape index (κ1) is 18.0. The molecule has 0 amide bonds. The maximum atomic E-state index is 13.0. The summed E-state index contributed by atoms with van der Waals surface area (Å²) in [5, 5.41) is 3.44. The van der Waals surface area contributed by atoms with Gasteiger partial charge in [0.1, 0.15) is 22.9 Å². The van der Waals surface area contributed by atoms with Crippen molar-refractivity contribution in [3.05, 3.63) is 23.3 Å². The van der Waals surface area contributed by atoms with Gasteiger partial charge in [0, 0.05) is 0 Å². The van der Waals surface area contributed by atoms with Crippen LogP contribution < -0.4 is 10.6 Å². The van der Waals surface area contributed by atoms with E-state index in [2.05, 4.69) is 19.9 Å². The fourth-order valence-electron chi connectivity index (χ4n) is 1.61. The van der Waals surface area contributed by atoms with Crippen LogP contribution in [0.5, 0.6) is 0 Å². The van der Waals surface area contributed by atoms with E-state index >= 15 is 0 Å². The maximum Gasteiger partial charge on any atom is 0.408 e. The van der Waals surface area contributed by atoms with E-state index in [1.54, 1.807) is 5.32 Å². The van der Waals surface area contributed by atoms with Crippen LogP contribution in [0.2, 0.25) is 5.15 Å². The predicted octanol–water partition coefficient (Wildman–Crippen LogP) is 4.31. The lowest BCUT2D eigenvalue weighted by molar-refractivity contribution is -0.139. The van der Waals surface area contributed by atoms with Crippen LogP contribution in [0.4, 0.5) is 38.2 Å². The molecule has 2 aromatic rings. The smallest absolute Gasteiger partial charge is 0.343 e. The van der Waals surface area contributed by atoms with Crippen LogP contribution in [-0.2, 0) is 0 Å². The fourth-order valence-corrected chi connectivity index (χ4v) is 1.76. The summed E-state index contributed by atoms with van der Waals surface area (Å²) < 4.78 is 92.3. The van der Waals surface area contributed by atoms with Crippen LogP contribution in [-0.4, -0.2) is 44.3 Å². The molecule has 13 heteroatoms. The Balaban J connectivity index is 2.54. The van der Waals surface area contributed by atoms with Gasteiger partial charge >= 0.3 is 12.4 Å². The summed E-state index contributed by atoms with van der Waals surface area (Å²) in [6.07, 6.45) is -9.74. The lowest BCUT2D eigenvalue weighted by atomic mass is 10.3. The molecule has 0 saturated carbocycles. The van der Waals surface area contributed by atoms with E-state index in [4.69, 9.17) is 14.3 Å². The van der Waals surface area contributed by atoms with Gasteiger partial charge in [0.25, 0.3) is 0 Å². The predicted molar refractivity (Wildman–Crippen MR) is 86.3 cm³/mol. The molecular formula is C14H13ClF6N6. The molecule has 2 heterocycles. The summed E-state index contributed by atoms with van der Waals surface area (Å²) in [6.45, 7) is 1.22. The van der Waals surface area contributed by atoms with E-state index in [0.29, 0.717) is 6.92 Å². The molecule has 0 saturated heterocycles. The second-order valence-corrected chi connectivity index (χ2v) is 5.62. The monoisotopic (exact) mass is 416 g/mol. The van der Waals surface area contributed by atoms with Crippen molar-refractivity contribution in [1.82, 2.24) is 19.9 Å². The second kappa shape index (κ2) is 7.71. The van der Waals surface area contributed by atoms with Crippen LogP contribution >= 0.6 is 11.6 Å². The molecule has 0 unspecified atom stereocenters. The normalized spacial score (nSPS) is 16.8. The molecule has 2 N–H and O–H groups in total. The molecule has 2 atom stereocenters. The lowest BCUT2D eigenvalue weighted by Crippen LogP contribution is -2.35. The van der Waals surface area contributed by atoms with Crippen LogP contribution in [0.25, 0.3) is 11.5 Å².